The molecule has 0 fully saturated rings. The Morgan fingerprint density at radius 3 is 2.67 bits per heavy atom. The molecule has 0 bridgehead atoms. The SMILES string of the molecule is COc1ccc(NC(C)c2cc3ccccc3s2)cc1O. The number of aromatic hydroxyl groups is 1. The standard InChI is InChI=1S/C17H17NO2S/c1-11(17-9-12-5-3-4-6-16(12)21-17)18-13-7-8-15(20-2)14(19)10-13/h3-11,18-19H,1-2H3. The topological polar surface area (TPSA) is 41.5 Å². The Bertz CT molecular complexity index is 733. The number of hydrogen-bond donors (Lipinski definition) is 2. The van der Waals surface area contributed by atoms with Crippen LogP contribution in [0.4, 0.5) is 5.69 Å². The number of hydrogen-bond acceptors (Lipinski definition) is 4. The zero-order valence-electron chi connectivity index (χ0n) is 12.0. The van der Waals surface area contributed by atoms with Gasteiger partial charge in [0, 0.05) is 21.3 Å². The predicted molar refractivity (Wildman–Crippen MR) is 88.5 cm³/mol. The van der Waals surface area contributed by atoms with Crippen molar-refractivity contribution < 1.29 is 9.84 Å². The number of thiophene rings is 1. The highest BCUT2D eigenvalue weighted by atomic mass is 32.1. The van der Waals surface area contributed by atoms with Gasteiger partial charge in [0.05, 0.1) is 13.2 Å². The van der Waals surface area contributed by atoms with E-state index in [-0.39, 0.29) is 11.8 Å². The van der Waals surface area contributed by atoms with Crippen molar-refractivity contribution in [1.82, 2.24) is 0 Å². The van der Waals surface area contributed by atoms with Gasteiger partial charge >= 0.3 is 0 Å². The monoisotopic (exact) mass is 299 g/mol. The van der Waals surface area contributed by atoms with E-state index in [0.717, 1.165) is 5.69 Å². The number of phenolic OH excluding ortho intramolecular Hbond substituents is 1. The van der Waals surface area contributed by atoms with Crippen LogP contribution in [0.2, 0.25) is 0 Å². The quantitative estimate of drug-likeness (QED) is 0.728. The Hall–Kier alpha value is -2.20. The Labute approximate surface area is 127 Å². The molecule has 0 aliphatic heterocycles. The van der Waals surface area contributed by atoms with Crippen LogP contribution >= 0.6 is 11.3 Å². The first-order valence-electron chi connectivity index (χ1n) is 6.79. The van der Waals surface area contributed by atoms with E-state index in [9.17, 15) is 5.11 Å². The highest BCUT2D eigenvalue weighted by molar-refractivity contribution is 7.19. The molecule has 0 spiro atoms. The van der Waals surface area contributed by atoms with E-state index in [1.165, 1.54) is 15.0 Å². The molecule has 0 amide bonds. The molecule has 1 aromatic heterocycles. The molecule has 21 heavy (non-hydrogen) atoms. The Morgan fingerprint density at radius 2 is 1.95 bits per heavy atom. The molecule has 2 aromatic carbocycles. The van der Waals surface area contributed by atoms with Gasteiger partial charge in [-0.1, -0.05) is 18.2 Å². The molecule has 0 radical (unpaired) electrons. The van der Waals surface area contributed by atoms with E-state index in [1.54, 1.807) is 30.6 Å². The molecular weight excluding hydrogens is 282 g/mol. The van der Waals surface area contributed by atoms with Gasteiger partial charge in [-0.3, -0.25) is 0 Å². The van der Waals surface area contributed by atoms with E-state index < -0.39 is 0 Å². The highest BCUT2D eigenvalue weighted by Gasteiger charge is 2.10. The summed E-state index contributed by atoms with van der Waals surface area (Å²) in [6.07, 6.45) is 0. The maximum absolute atomic E-state index is 9.83. The van der Waals surface area contributed by atoms with E-state index in [0.29, 0.717) is 5.75 Å². The molecule has 1 heterocycles. The van der Waals surface area contributed by atoms with Gasteiger partial charge in [-0.2, -0.15) is 0 Å². The van der Waals surface area contributed by atoms with E-state index >= 15 is 0 Å². The zero-order chi connectivity index (χ0) is 14.8. The van der Waals surface area contributed by atoms with Gasteiger partial charge in [0.2, 0.25) is 0 Å². The van der Waals surface area contributed by atoms with Gasteiger partial charge in [-0.05, 0) is 36.6 Å². The second-order valence-electron chi connectivity index (χ2n) is 4.94. The Kier molecular flexibility index (Phi) is 3.71. The summed E-state index contributed by atoms with van der Waals surface area (Å²) in [4.78, 5) is 1.27. The molecule has 4 heteroatoms. The van der Waals surface area contributed by atoms with Gasteiger partial charge in [-0.25, -0.2) is 0 Å². The lowest BCUT2D eigenvalue weighted by molar-refractivity contribution is 0.373. The first kappa shape index (κ1) is 13.8. The van der Waals surface area contributed by atoms with E-state index in [2.05, 4.69) is 42.6 Å². The average Bonchev–Trinajstić information content (AvgIpc) is 2.91. The Balaban J connectivity index is 1.82. The maximum Gasteiger partial charge on any atom is 0.160 e. The van der Waals surface area contributed by atoms with Crippen molar-refractivity contribution in [2.75, 3.05) is 12.4 Å². The molecule has 3 nitrogen and oxygen atoms in total. The second kappa shape index (κ2) is 5.66. The number of phenols is 1. The highest BCUT2D eigenvalue weighted by Crippen LogP contribution is 2.33. The summed E-state index contributed by atoms with van der Waals surface area (Å²) in [6.45, 7) is 2.12. The lowest BCUT2D eigenvalue weighted by Crippen LogP contribution is -2.04. The minimum absolute atomic E-state index is 0.144. The molecule has 108 valence electrons. The average molecular weight is 299 g/mol. The normalized spacial score (nSPS) is 12.3. The van der Waals surface area contributed by atoms with E-state index in [4.69, 9.17) is 4.74 Å². The Morgan fingerprint density at radius 1 is 1.14 bits per heavy atom. The van der Waals surface area contributed by atoms with Crippen LogP contribution in [-0.4, -0.2) is 12.2 Å². The minimum Gasteiger partial charge on any atom is -0.504 e. The number of rotatable bonds is 4. The van der Waals surface area contributed by atoms with Crippen LogP contribution in [0.25, 0.3) is 10.1 Å². The fourth-order valence-electron chi connectivity index (χ4n) is 2.32. The lowest BCUT2D eigenvalue weighted by Gasteiger charge is -2.14. The molecule has 3 rings (SSSR count). The summed E-state index contributed by atoms with van der Waals surface area (Å²) >= 11 is 1.79. The first-order chi connectivity index (χ1) is 10.2. The van der Waals surface area contributed by atoms with Crippen molar-refractivity contribution in [3.8, 4) is 11.5 Å². The predicted octanol–water partition coefficient (Wildman–Crippen LogP) is 4.79. The van der Waals surface area contributed by atoms with Gasteiger partial charge in [0.15, 0.2) is 11.5 Å². The fourth-order valence-corrected chi connectivity index (χ4v) is 3.38. The first-order valence-corrected chi connectivity index (χ1v) is 7.61. The van der Waals surface area contributed by atoms with Crippen molar-refractivity contribution in [2.24, 2.45) is 0 Å². The van der Waals surface area contributed by atoms with Crippen LogP contribution in [0, 0.1) is 0 Å². The third-order valence-corrected chi connectivity index (χ3v) is 4.73. The summed E-state index contributed by atoms with van der Waals surface area (Å²) in [5.74, 6) is 0.626. The molecular formula is C17H17NO2S. The largest absolute Gasteiger partial charge is 0.504 e. The van der Waals surface area contributed by atoms with Gasteiger partial charge in [0.1, 0.15) is 0 Å². The number of methoxy groups -OCH3 is 1. The number of anilines is 1. The minimum atomic E-state index is 0.144. The van der Waals surface area contributed by atoms with Crippen molar-refractivity contribution >= 4 is 27.1 Å². The van der Waals surface area contributed by atoms with Gasteiger partial charge in [0.25, 0.3) is 0 Å². The molecule has 3 aromatic rings. The van der Waals surface area contributed by atoms with Crippen molar-refractivity contribution in [3.63, 3.8) is 0 Å². The third kappa shape index (κ3) is 2.81. The molecule has 1 atom stereocenters. The van der Waals surface area contributed by atoms with E-state index in [1.807, 2.05) is 6.07 Å². The summed E-state index contributed by atoms with van der Waals surface area (Å²) < 4.78 is 6.34. The summed E-state index contributed by atoms with van der Waals surface area (Å²) in [5.41, 5.74) is 0.873. The molecule has 0 aliphatic rings. The summed E-state index contributed by atoms with van der Waals surface area (Å²) in [7, 11) is 1.54. The van der Waals surface area contributed by atoms with Crippen LogP contribution in [0.5, 0.6) is 11.5 Å². The maximum atomic E-state index is 9.83. The van der Waals surface area contributed by atoms with Gasteiger partial charge < -0.3 is 15.2 Å². The number of fused-ring (bicyclic) bond motifs is 1. The molecule has 2 N–H and O–H groups in total. The van der Waals surface area contributed by atoms with Crippen LogP contribution in [0.15, 0.2) is 48.5 Å². The lowest BCUT2D eigenvalue weighted by atomic mass is 10.2. The van der Waals surface area contributed by atoms with Crippen LogP contribution in [-0.2, 0) is 0 Å². The second-order valence-corrected chi connectivity index (χ2v) is 6.05. The third-order valence-electron chi connectivity index (χ3n) is 3.43. The number of ether oxygens (including phenoxy) is 1. The molecule has 0 saturated heterocycles. The van der Waals surface area contributed by atoms with Crippen LogP contribution in [0.1, 0.15) is 17.8 Å². The number of benzene rings is 2. The zero-order valence-corrected chi connectivity index (χ0v) is 12.8. The smallest absolute Gasteiger partial charge is 0.160 e. The van der Waals surface area contributed by atoms with Crippen molar-refractivity contribution in [3.05, 3.63) is 53.4 Å². The fraction of sp³-hybridized carbons (Fsp3) is 0.176. The number of nitrogens with one attached hydrogen (secondary N) is 1. The molecule has 0 aliphatic carbocycles. The summed E-state index contributed by atoms with van der Waals surface area (Å²) in [6, 6.07) is 16.1. The molecule has 0 saturated carbocycles. The summed E-state index contributed by atoms with van der Waals surface area (Å²) in [5, 5.41) is 14.5. The molecule has 1 unspecified atom stereocenters. The van der Waals surface area contributed by atoms with Crippen LogP contribution in [0.3, 0.4) is 0 Å². The van der Waals surface area contributed by atoms with Gasteiger partial charge in [-0.15, -0.1) is 11.3 Å². The van der Waals surface area contributed by atoms with Crippen molar-refractivity contribution in [1.29, 1.82) is 0 Å². The van der Waals surface area contributed by atoms with Crippen molar-refractivity contribution in [2.45, 2.75) is 13.0 Å². The van der Waals surface area contributed by atoms with Crippen LogP contribution < -0.4 is 10.1 Å².